The molecule has 2 N–H and O–H groups in total. The van der Waals surface area contributed by atoms with E-state index in [2.05, 4.69) is 15.5 Å². The van der Waals surface area contributed by atoms with Gasteiger partial charge in [0.2, 0.25) is 5.91 Å². The van der Waals surface area contributed by atoms with Gasteiger partial charge in [-0.2, -0.15) is 0 Å². The molecule has 1 aliphatic rings. The molecule has 1 saturated heterocycles. The standard InChI is InChI=1S/C21H32FN3O2/c1-16(2)19(24-20(26)17-10-5-6-11-18(17)22)21(27)23-12-9-15-25-13-7-3-4-8-14-25/h5-6,10-11,16,19H,3-4,7-9,12-15H2,1-2H3,(H,23,27)(H,24,26). The molecule has 0 aliphatic carbocycles. The molecule has 5 nitrogen and oxygen atoms in total. The molecule has 2 rings (SSSR count). The van der Waals surface area contributed by atoms with Crippen LogP contribution in [0.3, 0.4) is 0 Å². The number of carbonyl (C=O) groups excluding carboxylic acids is 2. The van der Waals surface area contributed by atoms with Crippen molar-refractivity contribution in [3.8, 4) is 0 Å². The lowest BCUT2D eigenvalue weighted by molar-refractivity contribution is -0.123. The van der Waals surface area contributed by atoms with Gasteiger partial charge in [-0.3, -0.25) is 9.59 Å². The highest BCUT2D eigenvalue weighted by Crippen LogP contribution is 2.10. The Morgan fingerprint density at radius 3 is 2.41 bits per heavy atom. The Kier molecular flexibility index (Phi) is 8.72. The first-order valence-electron chi connectivity index (χ1n) is 10.0. The van der Waals surface area contributed by atoms with Crippen LogP contribution in [0.1, 0.15) is 56.3 Å². The number of amides is 2. The van der Waals surface area contributed by atoms with Gasteiger partial charge in [0, 0.05) is 6.54 Å². The zero-order valence-corrected chi connectivity index (χ0v) is 16.5. The van der Waals surface area contributed by atoms with Gasteiger partial charge in [-0.1, -0.05) is 38.8 Å². The monoisotopic (exact) mass is 377 g/mol. The summed E-state index contributed by atoms with van der Waals surface area (Å²) in [5.74, 6) is -1.46. The molecule has 1 fully saturated rings. The van der Waals surface area contributed by atoms with Gasteiger partial charge in [-0.05, 0) is 56.9 Å². The van der Waals surface area contributed by atoms with E-state index in [0.29, 0.717) is 6.54 Å². The zero-order chi connectivity index (χ0) is 19.6. The Labute approximate surface area is 161 Å². The minimum absolute atomic E-state index is 0.0443. The van der Waals surface area contributed by atoms with Crippen molar-refractivity contribution < 1.29 is 14.0 Å². The van der Waals surface area contributed by atoms with Crippen LogP contribution in [0.25, 0.3) is 0 Å². The van der Waals surface area contributed by atoms with E-state index in [0.717, 1.165) is 26.1 Å². The van der Waals surface area contributed by atoms with Crippen molar-refractivity contribution in [2.75, 3.05) is 26.2 Å². The van der Waals surface area contributed by atoms with Crippen LogP contribution < -0.4 is 10.6 Å². The number of nitrogens with one attached hydrogen (secondary N) is 2. The highest BCUT2D eigenvalue weighted by atomic mass is 19.1. The molecule has 0 bridgehead atoms. The van der Waals surface area contributed by atoms with E-state index in [1.54, 1.807) is 6.07 Å². The molecular formula is C21H32FN3O2. The summed E-state index contributed by atoms with van der Waals surface area (Å²) in [4.78, 5) is 27.3. The van der Waals surface area contributed by atoms with Crippen LogP contribution in [-0.2, 0) is 4.79 Å². The molecule has 0 saturated carbocycles. The smallest absolute Gasteiger partial charge is 0.254 e. The molecule has 1 aromatic rings. The summed E-state index contributed by atoms with van der Waals surface area (Å²) in [6.07, 6.45) is 6.02. The number of carbonyl (C=O) groups is 2. The molecule has 1 heterocycles. The van der Waals surface area contributed by atoms with Crippen molar-refractivity contribution in [2.45, 2.75) is 52.0 Å². The number of hydrogen-bond acceptors (Lipinski definition) is 3. The zero-order valence-electron chi connectivity index (χ0n) is 16.5. The first-order chi connectivity index (χ1) is 13.0. The topological polar surface area (TPSA) is 61.4 Å². The van der Waals surface area contributed by atoms with Crippen LogP contribution in [0.15, 0.2) is 24.3 Å². The van der Waals surface area contributed by atoms with E-state index < -0.39 is 17.8 Å². The van der Waals surface area contributed by atoms with Crippen molar-refractivity contribution >= 4 is 11.8 Å². The molecule has 1 aromatic carbocycles. The maximum atomic E-state index is 13.8. The van der Waals surface area contributed by atoms with Gasteiger partial charge < -0.3 is 15.5 Å². The molecular weight excluding hydrogens is 345 g/mol. The van der Waals surface area contributed by atoms with Gasteiger partial charge in [0.1, 0.15) is 11.9 Å². The largest absolute Gasteiger partial charge is 0.354 e. The Hall–Kier alpha value is -1.95. The fraction of sp³-hybridized carbons (Fsp3) is 0.619. The van der Waals surface area contributed by atoms with Crippen LogP contribution in [0, 0.1) is 11.7 Å². The summed E-state index contributed by atoms with van der Waals surface area (Å²) >= 11 is 0. The van der Waals surface area contributed by atoms with Crippen LogP contribution >= 0.6 is 0 Å². The van der Waals surface area contributed by atoms with Crippen molar-refractivity contribution in [2.24, 2.45) is 5.92 Å². The summed E-state index contributed by atoms with van der Waals surface area (Å²) in [7, 11) is 0. The number of likely N-dealkylation sites (tertiary alicyclic amines) is 1. The number of rotatable bonds is 8. The maximum absolute atomic E-state index is 13.8. The third-order valence-electron chi connectivity index (χ3n) is 5.00. The van der Waals surface area contributed by atoms with Crippen molar-refractivity contribution in [3.05, 3.63) is 35.6 Å². The summed E-state index contributed by atoms with van der Waals surface area (Å²) in [5, 5.41) is 5.59. The Balaban J connectivity index is 1.80. The van der Waals surface area contributed by atoms with Crippen LogP contribution in [0.5, 0.6) is 0 Å². The second-order valence-corrected chi connectivity index (χ2v) is 7.58. The van der Waals surface area contributed by atoms with E-state index in [4.69, 9.17) is 0 Å². The van der Waals surface area contributed by atoms with Crippen molar-refractivity contribution in [1.82, 2.24) is 15.5 Å². The van der Waals surface area contributed by atoms with Gasteiger partial charge >= 0.3 is 0 Å². The number of nitrogens with zero attached hydrogens (tertiary/aromatic N) is 1. The SMILES string of the molecule is CC(C)C(NC(=O)c1ccccc1F)C(=O)NCCCN1CCCCCC1. The third-order valence-corrected chi connectivity index (χ3v) is 5.00. The highest BCUT2D eigenvalue weighted by molar-refractivity contribution is 5.97. The average molecular weight is 378 g/mol. The first kappa shape index (κ1) is 21.4. The van der Waals surface area contributed by atoms with Crippen LogP contribution in [0.2, 0.25) is 0 Å². The van der Waals surface area contributed by atoms with Gasteiger partial charge in [-0.25, -0.2) is 4.39 Å². The molecule has 1 unspecified atom stereocenters. The summed E-state index contributed by atoms with van der Waals surface area (Å²) in [6, 6.07) is 5.10. The van der Waals surface area contributed by atoms with Crippen molar-refractivity contribution in [3.63, 3.8) is 0 Å². The summed E-state index contributed by atoms with van der Waals surface area (Å²) < 4.78 is 13.8. The van der Waals surface area contributed by atoms with E-state index in [1.807, 2.05) is 13.8 Å². The minimum atomic E-state index is -0.685. The average Bonchev–Trinajstić information content (AvgIpc) is 2.92. The van der Waals surface area contributed by atoms with Gasteiger partial charge in [0.15, 0.2) is 0 Å². The molecule has 1 atom stereocenters. The molecule has 0 spiro atoms. The Morgan fingerprint density at radius 2 is 1.78 bits per heavy atom. The molecule has 2 amide bonds. The maximum Gasteiger partial charge on any atom is 0.254 e. The van der Waals surface area contributed by atoms with E-state index in [9.17, 15) is 14.0 Å². The molecule has 1 aliphatic heterocycles. The lowest BCUT2D eigenvalue weighted by Crippen LogP contribution is -2.50. The third kappa shape index (κ3) is 6.94. The van der Waals surface area contributed by atoms with Gasteiger partial charge in [0.05, 0.1) is 5.56 Å². The lowest BCUT2D eigenvalue weighted by atomic mass is 10.0. The fourth-order valence-electron chi connectivity index (χ4n) is 3.38. The molecule has 0 aromatic heterocycles. The number of hydrogen-bond donors (Lipinski definition) is 2. The molecule has 150 valence electrons. The van der Waals surface area contributed by atoms with E-state index >= 15 is 0 Å². The predicted molar refractivity (Wildman–Crippen MR) is 105 cm³/mol. The predicted octanol–water partition coefficient (Wildman–Crippen LogP) is 2.96. The number of benzene rings is 1. The number of halogens is 1. The second kappa shape index (κ2) is 11.0. The Morgan fingerprint density at radius 1 is 1.11 bits per heavy atom. The second-order valence-electron chi connectivity index (χ2n) is 7.58. The summed E-state index contributed by atoms with van der Waals surface area (Å²) in [6.45, 7) is 7.57. The lowest BCUT2D eigenvalue weighted by Gasteiger charge is -2.23. The van der Waals surface area contributed by atoms with E-state index in [1.165, 1.54) is 43.9 Å². The van der Waals surface area contributed by atoms with Crippen LogP contribution in [0.4, 0.5) is 4.39 Å². The van der Waals surface area contributed by atoms with Gasteiger partial charge in [0.25, 0.3) is 5.91 Å². The van der Waals surface area contributed by atoms with E-state index in [-0.39, 0.29) is 17.4 Å². The summed E-state index contributed by atoms with van der Waals surface area (Å²) in [5.41, 5.74) is -0.0443. The van der Waals surface area contributed by atoms with Gasteiger partial charge in [-0.15, -0.1) is 0 Å². The van der Waals surface area contributed by atoms with Crippen molar-refractivity contribution in [1.29, 1.82) is 0 Å². The fourth-order valence-corrected chi connectivity index (χ4v) is 3.38. The molecule has 6 heteroatoms. The molecule has 0 radical (unpaired) electrons. The first-order valence-corrected chi connectivity index (χ1v) is 10.0. The molecule has 27 heavy (non-hydrogen) atoms. The normalized spacial score (nSPS) is 16.6. The highest BCUT2D eigenvalue weighted by Gasteiger charge is 2.25. The minimum Gasteiger partial charge on any atom is -0.354 e. The van der Waals surface area contributed by atoms with Crippen LogP contribution in [-0.4, -0.2) is 48.9 Å². The Bertz CT molecular complexity index is 613. The quantitative estimate of drug-likeness (QED) is 0.685.